The molecule has 0 aliphatic carbocycles. The Bertz CT molecular complexity index is 476. The van der Waals surface area contributed by atoms with E-state index in [1.807, 2.05) is 7.05 Å². The van der Waals surface area contributed by atoms with Crippen molar-refractivity contribution >= 4 is 5.91 Å². The molecule has 2 aliphatic rings. The van der Waals surface area contributed by atoms with E-state index in [9.17, 15) is 4.79 Å². The highest BCUT2D eigenvalue weighted by molar-refractivity contribution is 5.95. The predicted octanol–water partition coefficient (Wildman–Crippen LogP) is 1.55. The quantitative estimate of drug-likeness (QED) is 0.914. The molecule has 0 spiro atoms. The van der Waals surface area contributed by atoms with Gasteiger partial charge in [0.05, 0.1) is 30.2 Å². The summed E-state index contributed by atoms with van der Waals surface area (Å²) in [6, 6.07) is 0. The van der Waals surface area contributed by atoms with Crippen LogP contribution in [-0.4, -0.2) is 60.5 Å². The Morgan fingerprint density at radius 1 is 1.43 bits per heavy atom. The van der Waals surface area contributed by atoms with Crippen molar-refractivity contribution in [1.29, 1.82) is 0 Å². The van der Waals surface area contributed by atoms with Crippen LogP contribution < -0.4 is 0 Å². The minimum absolute atomic E-state index is 0.0137. The number of carbonyl (C=O) groups excluding carboxylic acids is 1. The van der Waals surface area contributed by atoms with Crippen LogP contribution in [0.3, 0.4) is 0 Å². The lowest BCUT2D eigenvalue weighted by Crippen LogP contribution is -2.37. The molecule has 2 aliphatic heterocycles. The number of nitrogens with zero attached hydrogens (tertiary/aromatic N) is 2. The molecule has 2 fully saturated rings. The highest BCUT2D eigenvalue weighted by Crippen LogP contribution is 2.26. The number of ether oxygens (including phenoxy) is 2. The average Bonchev–Trinajstić information content (AvgIpc) is 3.18. The van der Waals surface area contributed by atoms with Gasteiger partial charge in [0.1, 0.15) is 0 Å². The summed E-state index contributed by atoms with van der Waals surface area (Å²) in [6.45, 7) is 2.87. The molecule has 21 heavy (non-hydrogen) atoms. The molecule has 0 saturated carbocycles. The Labute approximate surface area is 124 Å². The van der Waals surface area contributed by atoms with E-state index in [0.29, 0.717) is 18.7 Å². The summed E-state index contributed by atoms with van der Waals surface area (Å²) in [5.74, 6) is 0.269. The second-order valence-electron chi connectivity index (χ2n) is 5.93. The van der Waals surface area contributed by atoms with Gasteiger partial charge in [0, 0.05) is 32.7 Å². The summed E-state index contributed by atoms with van der Waals surface area (Å²) in [7, 11) is 1.84. The van der Waals surface area contributed by atoms with Crippen molar-refractivity contribution < 1.29 is 14.3 Å². The minimum Gasteiger partial charge on any atom is -0.381 e. The summed E-state index contributed by atoms with van der Waals surface area (Å²) in [5.41, 5.74) is 1.58. The number of rotatable bonds is 4. The summed E-state index contributed by atoms with van der Waals surface area (Å²) in [5, 5.41) is 7.04. The van der Waals surface area contributed by atoms with Gasteiger partial charge in [-0.1, -0.05) is 0 Å². The smallest absolute Gasteiger partial charge is 0.257 e. The zero-order chi connectivity index (χ0) is 14.7. The van der Waals surface area contributed by atoms with Crippen molar-refractivity contribution in [2.45, 2.75) is 37.7 Å². The molecule has 6 nitrogen and oxygen atoms in total. The van der Waals surface area contributed by atoms with Crippen LogP contribution in [0.1, 0.15) is 47.7 Å². The summed E-state index contributed by atoms with van der Waals surface area (Å²) in [4.78, 5) is 14.4. The molecule has 2 atom stereocenters. The number of hydrogen-bond donors (Lipinski definition) is 1. The molecule has 3 heterocycles. The normalized spacial score (nSPS) is 26.0. The van der Waals surface area contributed by atoms with Gasteiger partial charge in [-0.15, -0.1) is 0 Å². The number of hydrogen-bond acceptors (Lipinski definition) is 4. The minimum atomic E-state index is 0.0137. The molecular weight excluding hydrogens is 270 g/mol. The summed E-state index contributed by atoms with van der Waals surface area (Å²) >= 11 is 0. The largest absolute Gasteiger partial charge is 0.381 e. The Morgan fingerprint density at radius 3 is 3.05 bits per heavy atom. The monoisotopic (exact) mass is 293 g/mol. The topological polar surface area (TPSA) is 67.5 Å². The van der Waals surface area contributed by atoms with Crippen molar-refractivity contribution in [2.75, 3.05) is 33.4 Å². The number of likely N-dealkylation sites (N-methyl/N-ethyl adjacent to an activating group) is 1. The van der Waals surface area contributed by atoms with E-state index in [0.717, 1.165) is 38.2 Å². The third kappa shape index (κ3) is 3.27. The zero-order valence-corrected chi connectivity index (χ0v) is 12.5. The van der Waals surface area contributed by atoms with E-state index < -0.39 is 0 Å². The van der Waals surface area contributed by atoms with Gasteiger partial charge in [0.15, 0.2) is 0 Å². The SMILES string of the molecule is CN(C[C@@H]1CCCCO1)C(=O)c1cn[nH]c1[C@@H]1CCOC1. The number of aromatic amines is 1. The molecule has 6 heteroatoms. The maximum Gasteiger partial charge on any atom is 0.257 e. The van der Waals surface area contributed by atoms with Crippen LogP contribution in [0.4, 0.5) is 0 Å². The fourth-order valence-corrected chi connectivity index (χ4v) is 3.09. The van der Waals surface area contributed by atoms with Gasteiger partial charge in [-0.25, -0.2) is 0 Å². The first-order valence-electron chi connectivity index (χ1n) is 7.74. The summed E-state index contributed by atoms with van der Waals surface area (Å²) in [6.07, 6.45) is 6.08. The Kier molecular flexibility index (Phi) is 4.55. The number of amides is 1. The maximum absolute atomic E-state index is 12.6. The number of aromatic nitrogens is 2. The van der Waals surface area contributed by atoms with E-state index >= 15 is 0 Å². The Balaban J connectivity index is 1.65. The van der Waals surface area contributed by atoms with Crippen LogP contribution in [0.25, 0.3) is 0 Å². The third-order valence-electron chi connectivity index (χ3n) is 4.34. The van der Waals surface area contributed by atoms with Crippen LogP contribution in [0, 0.1) is 0 Å². The predicted molar refractivity (Wildman–Crippen MR) is 77.3 cm³/mol. The number of carbonyl (C=O) groups is 1. The van der Waals surface area contributed by atoms with Crippen molar-refractivity contribution in [2.24, 2.45) is 0 Å². The maximum atomic E-state index is 12.6. The zero-order valence-electron chi connectivity index (χ0n) is 12.5. The molecule has 0 radical (unpaired) electrons. The van der Waals surface area contributed by atoms with Crippen LogP contribution in [0.15, 0.2) is 6.20 Å². The molecular formula is C15H23N3O3. The molecule has 116 valence electrons. The fraction of sp³-hybridized carbons (Fsp3) is 0.733. The first-order chi connectivity index (χ1) is 10.3. The average molecular weight is 293 g/mol. The van der Waals surface area contributed by atoms with Gasteiger partial charge in [-0.2, -0.15) is 5.10 Å². The molecule has 3 rings (SSSR count). The van der Waals surface area contributed by atoms with Crippen LogP contribution in [0.5, 0.6) is 0 Å². The number of H-pyrrole nitrogens is 1. The van der Waals surface area contributed by atoms with Gasteiger partial charge < -0.3 is 14.4 Å². The van der Waals surface area contributed by atoms with Crippen LogP contribution in [0.2, 0.25) is 0 Å². The second-order valence-corrected chi connectivity index (χ2v) is 5.93. The fourth-order valence-electron chi connectivity index (χ4n) is 3.09. The molecule has 2 saturated heterocycles. The molecule has 1 aromatic rings. The van der Waals surface area contributed by atoms with E-state index in [4.69, 9.17) is 9.47 Å². The van der Waals surface area contributed by atoms with E-state index in [-0.39, 0.29) is 17.9 Å². The Hall–Kier alpha value is -1.40. The molecule has 1 N–H and O–H groups in total. The molecule has 1 aromatic heterocycles. The second kappa shape index (κ2) is 6.58. The van der Waals surface area contributed by atoms with Crippen LogP contribution in [-0.2, 0) is 9.47 Å². The molecule has 0 aromatic carbocycles. The van der Waals surface area contributed by atoms with Gasteiger partial charge in [0.2, 0.25) is 0 Å². The van der Waals surface area contributed by atoms with E-state index in [1.165, 1.54) is 6.42 Å². The Morgan fingerprint density at radius 2 is 2.33 bits per heavy atom. The van der Waals surface area contributed by atoms with Crippen molar-refractivity contribution in [1.82, 2.24) is 15.1 Å². The van der Waals surface area contributed by atoms with Gasteiger partial charge in [0.25, 0.3) is 5.91 Å². The van der Waals surface area contributed by atoms with Gasteiger partial charge in [-0.3, -0.25) is 9.89 Å². The molecule has 0 bridgehead atoms. The molecule has 0 unspecified atom stereocenters. The van der Waals surface area contributed by atoms with Gasteiger partial charge in [-0.05, 0) is 25.7 Å². The molecule has 1 amide bonds. The summed E-state index contributed by atoms with van der Waals surface area (Å²) < 4.78 is 11.1. The lowest BCUT2D eigenvalue weighted by molar-refractivity contribution is -0.000216. The third-order valence-corrected chi connectivity index (χ3v) is 4.34. The lowest BCUT2D eigenvalue weighted by atomic mass is 10.0. The van der Waals surface area contributed by atoms with E-state index in [1.54, 1.807) is 11.1 Å². The van der Waals surface area contributed by atoms with E-state index in [2.05, 4.69) is 10.2 Å². The first-order valence-corrected chi connectivity index (χ1v) is 7.74. The highest BCUT2D eigenvalue weighted by Gasteiger charge is 2.27. The van der Waals surface area contributed by atoms with Crippen LogP contribution >= 0.6 is 0 Å². The first kappa shape index (κ1) is 14.5. The van der Waals surface area contributed by atoms with Crippen molar-refractivity contribution in [3.8, 4) is 0 Å². The van der Waals surface area contributed by atoms with Crippen molar-refractivity contribution in [3.63, 3.8) is 0 Å². The standard InChI is InChI=1S/C15H23N3O3/c1-18(9-12-4-2-3-6-21-12)15(19)13-8-16-17-14(13)11-5-7-20-10-11/h8,11-12H,2-7,9-10H2,1H3,(H,16,17)/t11-,12+/m1/s1. The highest BCUT2D eigenvalue weighted by atomic mass is 16.5. The van der Waals surface area contributed by atoms with Gasteiger partial charge >= 0.3 is 0 Å². The number of nitrogens with one attached hydrogen (secondary N) is 1. The van der Waals surface area contributed by atoms with Crippen molar-refractivity contribution in [3.05, 3.63) is 17.5 Å². The lowest BCUT2D eigenvalue weighted by Gasteiger charge is -2.27.